The zero-order chi connectivity index (χ0) is 19.7. The van der Waals surface area contributed by atoms with Crippen molar-refractivity contribution in [3.05, 3.63) is 53.1 Å². The number of rotatable bonds is 5. The first-order valence-corrected chi connectivity index (χ1v) is 10.6. The fraction of sp³-hybridized carbons (Fsp3) is 0.591. The van der Waals surface area contributed by atoms with Crippen LogP contribution in [0.5, 0.6) is 0 Å². The minimum atomic E-state index is -0.734. The summed E-state index contributed by atoms with van der Waals surface area (Å²) in [5.74, 6) is -0.975. The molecule has 0 unspecified atom stereocenters. The molecule has 1 aromatic carbocycles. The molecule has 3 aliphatic rings. The molecule has 4 heterocycles. The maximum atomic E-state index is 13.3. The highest BCUT2D eigenvalue weighted by atomic mass is 19.1. The van der Waals surface area contributed by atoms with Crippen molar-refractivity contribution < 1.29 is 18.6 Å². The zero-order valence-electron chi connectivity index (χ0n) is 16.7. The van der Waals surface area contributed by atoms with Gasteiger partial charge in [-0.05, 0) is 49.9 Å². The molecule has 0 atom stereocenters. The number of hydrogen-bond acceptors (Lipinski definition) is 5. The molecule has 0 bridgehead atoms. The number of aromatic amines is 1. The molecule has 1 aromatic heterocycles. The number of halogens is 1. The summed E-state index contributed by atoms with van der Waals surface area (Å²) >= 11 is 0. The Balaban J connectivity index is 1.17. The SMILES string of the molecule is Fc1ccc(C2(CCCN3CCC4(CC3)OCCc3cn[nH]c34)OCCO2)cc1. The normalized spacial score (nSPS) is 23.3. The second-order valence-corrected chi connectivity index (χ2v) is 8.26. The van der Waals surface area contributed by atoms with Gasteiger partial charge in [-0.1, -0.05) is 12.1 Å². The van der Waals surface area contributed by atoms with Crippen molar-refractivity contribution in [3.8, 4) is 0 Å². The smallest absolute Gasteiger partial charge is 0.195 e. The highest BCUT2D eigenvalue weighted by Gasteiger charge is 2.42. The van der Waals surface area contributed by atoms with Crippen LogP contribution in [-0.4, -0.2) is 54.6 Å². The van der Waals surface area contributed by atoms with E-state index in [1.165, 1.54) is 23.4 Å². The Hall–Kier alpha value is -1.80. The standard InChI is InChI=1S/C22H28FN3O3/c23-19-4-2-18(3-5-19)22(28-14-15-29-22)7-1-10-26-11-8-21(9-12-26)20-17(6-13-27-21)16-24-25-20/h2-5,16H,1,6-15H2,(H,24,25). The minimum absolute atomic E-state index is 0.187. The monoisotopic (exact) mass is 401 g/mol. The van der Waals surface area contributed by atoms with Crippen molar-refractivity contribution in [2.24, 2.45) is 0 Å². The van der Waals surface area contributed by atoms with Crippen molar-refractivity contribution in [2.75, 3.05) is 39.5 Å². The van der Waals surface area contributed by atoms with Gasteiger partial charge in [-0.2, -0.15) is 5.10 Å². The summed E-state index contributed by atoms with van der Waals surface area (Å²) in [4.78, 5) is 2.49. The van der Waals surface area contributed by atoms with E-state index in [4.69, 9.17) is 14.2 Å². The highest BCUT2D eigenvalue weighted by Crippen LogP contribution is 2.41. The molecule has 0 amide bonds. The molecular weight excluding hydrogens is 373 g/mol. The fourth-order valence-corrected chi connectivity index (χ4v) is 5.01. The van der Waals surface area contributed by atoms with Gasteiger partial charge in [0.15, 0.2) is 5.79 Å². The van der Waals surface area contributed by atoms with E-state index in [0.717, 1.165) is 63.9 Å². The van der Waals surface area contributed by atoms with Gasteiger partial charge in [-0.15, -0.1) is 0 Å². The van der Waals surface area contributed by atoms with E-state index < -0.39 is 5.79 Å². The van der Waals surface area contributed by atoms with E-state index >= 15 is 0 Å². The van der Waals surface area contributed by atoms with Crippen LogP contribution in [0.3, 0.4) is 0 Å². The maximum Gasteiger partial charge on any atom is 0.195 e. The van der Waals surface area contributed by atoms with Gasteiger partial charge in [0.25, 0.3) is 0 Å². The number of ether oxygens (including phenoxy) is 3. The lowest BCUT2D eigenvalue weighted by molar-refractivity contribution is -0.172. The molecular formula is C22H28FN3O3. The lowest BCUT2D eigenvalue weighted by Crippen LogP contribution is -2.47. The lowest BCUT2D eigenvalue weighted by atomic mass is 9.83. The van der Waals surface area contributed by atoms with Crippen LogP contribution in [-0.2, 0) is 32.0 Å². The van der Waals surface area contributed by atoms with E-state index in [1.54, 1.807) is 12.1 Å². The third-order valence-electron chi connectivity index (χ3n) is 6.61. The topological polar surface area (TPSA) is 59.6 Å². The Morgan fingerprint density at radius 3 is 2.55 bits per heavy atom. The number of aromatic nitrogens is 2. The van der Waals surface area contributed by atoms with E-state index in [-0.39, 0.29) is 11.4 Å². The van der Waals surface area contributed by atoms with E-state index in [1.807, 2.05) is 6.20 Å². The first-order chi connectivity index (χ1) is 14.2. The number of nitrogens with zero attached hydrogens (tertiary/aromatic N) is 2. The molecule has 0 aliphatic carbocycles. The van der Waals surface area contributed by atoms with Gasteiger partial charge >= 0.3 is 0 Å². The molecule has 7 heteroatoms. The van der Waals surface area contributed by atoms with Crippen LogP contribution in [0.4, 0.5) is 4.39 Å². The van der Waals surface area contributed by atoms with Gasteiger partial charge in [-0.25, -0.2) is 4.39 Å². The summed E-state index contributed by atoms with van der Waals surface area (Å²) in [6.45, 7) is 4.93. The first kappa shape index (κ1) is 19.2. The summed E-state index contributed by atoms with van der Waals surface area (Å²) in [5, 5.41) is 7.43. The van der Waals surface area contributed by atoms with Crippen molar-refractivity contribution in [1.82, 2.24) is 15.1 Å². The number of benzene rings is 1. The molecule has 5 rings (SSSR count). The van der Waals surface area contributed by atoms with Crippen LogP contribution in [0.1, 0.15) is 42.5 Å². The number of likely N-dealkylation sites (tertiary alicyclic amines) is 1. The van der Waals surface area contributed by atoms with Gasteiger partial charge in [-0.3, -0.25) is 5.10 Å². The second kappa shape index (κ2) is 7.80. The van der Waals surface area contributed by atoms with Gasteiger partial charge in [0.1, 0.15) is 11.4 Å². The van der Waals surface area contributed by atoms with Crippen molar-refractivity contribution in [1.29, 1.82) is 0 Å². The van der Waals surface area contributed by atoms with Crippen LogP contribution in [0, 0.1) is 5.82 Å². The molecule has 156 valence electrons. The van der Waals surface area contributed by atoms with Gasteiger partial charge in [0.2, 0.25) is 0 Å². The van der Waals surface area contributed by atoms with E-state index in [9.17, 15) is 4.39 Å². The quantitative estimate of drug-likeness (QED) is 0.834. The van der Waals surface area contributed by atoms with Gasteiger partial charge < -0.3 is 19.1 Å². The molecule has 2 saturated heterocycles. The van der Waals surface area contributed by atoms with Crippen molar-refractivity contribution in [2.45, 2.75) is 43.5 Å². The number of piperidine rings is 1. The summed E-state index contributed by atoms with van der Waals surface area (Å²) in [7, 11) is 0. The van der Waals surface area contributed by atoms with Gasteiger partial charge in [0, 0.05) is 25.1 Å². The van der Waals surface area contributed by atoms with Crippen molar-refractivity contribution >= 4 is 0 Å². The molecule has 6 nitrogen and oxygen atoms in total. The number of hydrogen-bond donors (Lipinski definition) is 1. The molecule has 0 radical (unpaired) electrons. The average molecular weight is 401 g/mol. The molecule has 1 spiro atoms. The summed E-state index contributed by atoms with van der Waals surface area (Å²) in [6, 6.07) is 6.49. The molecule has 3 aliphatic heterocycles. The summed E-state index contributed by atoms with van der Waals surface area (Å²) in [6.07, 6.45) is 6.59. The third-order valence-corrected chi connectivity index (χ3v) is 6.61. The van der Waals surface area contributed by atoms with Crippen LogP contribution in [0.25, 0.3) is 0 Å². The maximum absolute atomic E-state index is 13.3. The van der Waals surface area contributed by atoms with Crippen LogP contribution in [0.2, 0.25) is 0 Å². The van der Waals surface area contributed by atoms with Crippen LogP contribution < -0.4 is 0 Å². The molecule has 2 aromatic rings. The minimum Gasteiger partial charge on any atom is -0.368 e. The third kappa shape index (κ3) is 3.61. The summed E-state index contributed by atoms with van der Waals surface area (Å²) < 4.78 is 31.5. The van der Waals surface area contributed by atoms with E-state index in [0.29, 0.717) is 13.2 Å². The second-order valence-electron chi connectivity index (χ2n) is 8.26. The first-order valence-electron chi connectivity index (χ1n) is 10.6. The zero-order valence-corrected chi connectivity index (χ0v) is 16.7. The predicted octanol–water partition coefficient (Wildman–Crippen LogP) is 3.09. The number of nitrogens with one attached hydrogen (secondary N) is 1. The van der Waals surface area contributed by atoms with Crippen molar-refractivity contribution in [3.63, 3.8) is 0 Å². The predicted molar refractivity (Wildman–Crippen MR) is 105 cm³/mol. The Morgan fingerprint density at radius 1 is 1.03 bits per heavy atom. The molecule has 29 heavy (non-hydrogen) atoms. The lowest BCUT2D eigenvalue weighted by Gasteiger charge is -2.43. The Bertz CT molecular complexity index is 824. The van der Waals surface area contributed by atoms with Gasteiger partial charge in [0.05, 0.1) is 31.7 Å². The number of H-pyrrole nitrogens is 1. The Kier molecular flexibility index (Phi) is 5.16. The molecule has 1 N–H and O–H groups in total. The van der Waals surface area contributed by atoms with Crippen LogP contribution in [0.15, 0.2) is 30.5 Å². The fourth-order valence-electron chi connectivity index (χ4n) is 5.01. The van der Waals surface area contributed by atoms with E-state index in [2.05, 4.69) is 15.1 Å². The molecule has 0 saturated carbocycles. The highest BCUT2D eigenvalue weighted by molar-refractivity contribution is 5.26. The largest absolute Gasteiger partial charge is 0.368 e. The average Bonchev–Trinajstić information content (AvgIpc) is 3.41. The Labute approximate surface area is 170 Å². The van der Waals surface area contributed by atoms with Crippen LogP contribution >= 0.6 is 0 Å². The Morgan fingerprint density at radius 2 is 1.79 bits per heavy atom. The summed E-state index contributed by atoms with van der Waals surface area (Å²) in [5.41, 5.74) is 3.21. The number of fused-ring (bicyclic) bond motifs is 2. The molecule has 2 fully saturated rings.